The van der Waals surface area contributed by atoms with Crippen LogP contribution < -0.4 is 10.2 Å². The lowest BCUT2D eigenvalue weighted by molar-refractivity contribution is 0.194. The van der Waals surface area contributed by atoms with Crippen LogP contribution in [0.3, 0.4) is 0 Å². The van der Waals surface area contributed by atoms with Gasteiger partial charge in [0.2, 0.25) is 0 Å². The summed E-state index contributed by atoms with van der Waals surface area (Å²) in [6.07, 6.45) is 0.520. The highest BCUT2D eigenvalue weighted by Crippen LogP contribution is 2.17. The number of rotatable bonds is 5. The molecule has 1 aliphatic rings. The van der Waals surface area contributed by atoms with Gasteiger partial charge in [0.05, 0.1) is 11.5 Å². The van der Waals surface area contributed by atoms with Crippen molar-refractivity contribution in [2.75, 3.05) is 37.0 Å². The van der Waals surface area contributed by atoms with Gasteiger partial charge in [-0.3, -0.25) is 0 Å². The number of amides is 2. The third kappa shape index (κ3) is 4.60. The first-order valence-corrected chi connectivity index (χ1v) is 9.61. The number of anilines is 1. The number of carbonyl (C=O) groups is 1. The summed E-state index contributed by atoms with van der Waals surface area (Å²) in [5.74, 6) is 0.235. The molecule has 0 bridgehead atoms. The van der Waals surface area contributed by atoms with Crippen LogP contribution in [0.5, 0.6) is 0 Å². The van der Waals surface area contributed by atoms with Gasteiger partial charge in [0.25, 0.3) is 0 Å². The fraction of sp³-hybridized carbons (Fsp3) is 0.562. The number of sulfone groups is 1. The lowest BCUT2D eigenvalue weighted by Crippen LogP contribution is -2.48. The van der Waals surface area contributed by atoms with Gasteiger partial charge in [-0.1, -0.05) is 18.2 Å². The quantitative estimate of drug-likeness (QED) is 0.879. The van der Waals surface area contributed by atoms with E-state index in [9.17, 15) is 13.2 Å². The van der Waals surface area contributed by atoms with Crippen LogP contribution in [0.1, 0.15) is 13.3 Å². The lowest BCUT2D eigenvalue weighted by Gasteiger charge is -2.29. The molecule has 1 N–H and O–H groups in total. The topological polar surface area (TPSA) is 69.7 Å². The maximum Gasteiger partial charge on any atom is 0.317 e. The predicted octanol–water partition coefficient (Wildman–Crippen LogP) is 1.34. The minimum atomic E-state index is -2.98. The molecule has 128 valence electrons. The molecule has 1 aromatic carbocycles. The van der Waals surface area contributed by atoms with Crippen LogP contribution in [-0.4, -0.2) is 63.6 Å². The minimum absolute atomic E-state index is 0.0659. The summed E-state index contributed by atoms with van der Waals surface area (Å²) in [5, 5.41) is 2.89. The highest BCUT2D eigenvalue weighted by atomic mass is 32.2. The fourth-order valence-corrected chi connectivity index (χ4v) is 4.44. The number of benzene rings is 1. The number of nitrogens with zero attached hydrogens (tertiary/aromatic N) is 2. The third-order valence-corrected chi connectivity index (χ3v) is 6.20. The first-order valence-electron chi connectivity index (χ1n) is 7.79. The molecule has 0 radical (unpaired) electrons. The highest BCUT2D eigenvalue weighted by Gasteiger charge is 2.32. The summed E-state index contributed by atoms with van der Waals surface area (Å²) < 4.78 is 23.0. The molecule has 1 aliphatic heterocycles. The SMILES string of the molecule is CC(CNC(=O)N(C)C1CCS(=O)(=O)C1)N(C)c1ccccc1. The second-order valence-electron chi connectivity index (χ2n) is 6.15. The zero-order chi connectivity index (χ0) is 17.0. The minimum Gasteiger partial charge on any atom is -0.370 e. The van der Waals surface area contributed by atoms with Crippen molar-refractivity contribution in [2.45, 2.75) is 25.4 Å². The summed E-state index contributed by atoms with van der Waals surface area (Å²) in [5.41, 5.74) is 1.09. The van der Waals surface area contributed by atoms with E-state index in [2.05, 4.69) is 10.2 Å². The van der Waals surface area contributed by atoms with E-state index in [0.29, 0.717) is 13.0 Å². The molecule has 2 unspecified atom stereocenters. The van der Waals surface area contributed by atoms with Crippen LogP contribution in [0, 0.1) is 0 Å². The van der Waals surface area contributed by atoms with Crippen LogP contribution in [0.15, 0.2) is 30.3 Å². The number of hydrogen-bond donors (Lipinski definition) is 1. The number of para-hydroxylation sites is 1. The van der Waals surface area contributed by atoms with Crippen molar-refractivity contribution in [3.8, 4) is 0 Å². The average molecular weight is 339 g/mol. The molecule has 0 aliphatic carbocycles. The Bertz CT molecular complexity index is 633. The van der Waals surface area contributed by atoms with Crippen molar-refractivity contribution in [3.05, 3.63) is 30.3 Å². The van der Waals surface area contributed by atoms with Crippen molar-refractivity contribution in [2.24, 2.45) is 0 Å². The van der Waals surface area contributed by atoms with E-state index in [1.807, 2.05) is 44.3 Å². The maximum absolute atomic E-state index is 12.2. The largest absolute Gasteiger partial charge is 0.370 e. The molecule has 1 aromatic rings. The van der Waals surface area contributed by atoms with Gasteiger partial charge in [0.15, 0.2) is 9.84 Å². The van der Waals surface area contributed by atoms with Gasteiger partial charge in [-0.15, -0.1) is 0 Å². The molecular weight excluding hydrogens is 314 g/mol. The Hall–Kier alpha value is -1.76. The van der Waals surface area contributed by atoms with Crippen LogP contribution >= 0.6 is 0 Å². The number of nitrogens with one attached hydrogen (secondary N) is 1. The molecule has 2 amide bonds. The standard InChI is InChI=1S/C16H25N3O3S/c1-13(18(2)14-7-5-4-6-8-14)11-17-16(20)19(3)15-9-10-23(21,22)12-15/h4-8,13,15H,9-12H2,1-3H3,(H,17,20). The van der Waals surface area contributed by atoms with Gasteiger partial charge >= 0.3 is 6.03 Å². The normalized spacial score (nSPS) is 20.7. The molecule has 6 nitrogen and oxygen atoms in total. The molecule has 23 heavy (non-hydrogen) atoms. The van der Waals surface area contributed by atoms with Crippen LogP contribution in [-0.2, 0) is 9.84 Å². The monoisotopic (exact) mass is 339 g/mol. The van der Waals surface area contributed by atoms with E-state index in [4.69, 9.17) is 0 Å². The molecular formula is C16H25N3O3S. The second-order valence-corrected chi connectivity index (χ2v) is 8.38. The van der Waals surface area contributed by atoms with E-state index in [1.54, 1.807) is 7.05 Å². The number of hydrogen-bond acceptors (Lipinski definition) is 4. The number of carbonyl (C=O) groups excluding carboxylic acids is 1. The molecule has 1 fully saturated rings. The van der Waals surface area contributed by atoms with E-state index < -0.39 is 9.84 Å². The van der Waals surface area contributed by atoms with Crippen molar-refractivity contribution in [3.63, 3.8) is 0 Å². The summed E-state index contributed by atoms with van der Waals surface area (Å²) in [6, 6.07) is 9.65. The second kappa shape index (κ2) is 7.21. The zero-order valence-corrected chi connectivity index (χ0v) is 14.7. The number of urea groups is 1. The summed E-state index contributed by atoms with van der Waals surface area (Å²) >= 11 is 0. The summed E-state index contributed by atoms with van der Waals surface area (Å²) in [6.45, 7) is 2.53. The molecule has 1 heterocycles. The molecule has 0 spiro atoms. The summed E-state index contributed by atoms with van der Waals surface area (Å²) in [4.78, 5) is 15.8. The van der Waals surface area contributed by atoms with E-state index in [-0.39, 0.29) is 29.6 Å². The van der Waals surface area contributed by atoms with Gasteiger partial charge in [-0.25, -0.2) is 13.2 Å². The van der Waals surface area contributed by atoms with Crippen LogP contribution in [0.4, 0.5) is 10.5 Å². The van der Waals surface area contributed by atoms with Crippen LogP contribution in [0.25, 0.3) is 0 Å². The van der Waals surface area contributed by atoms with Crippen molar-refractivity contribution in [1.29, 1.82) is 0 Å². The van der Waals surface area contributed by atoms with Crippen molar-refractivity contribution in [1.82, 2.24) is 10.2 Å². The predicted molar refractivity (Wildman–Crippen MR) is 92.5 cm³/mol. The van der Waals surface area contributed by atoms with Gasteiger partial charge in [0.1, 0.15) is 0 Å². The zero-order valence-electron chi connectivity index (χ0n) is 13.9. The van der Waals surface area contributed by atoms with Gasteiger partial charge in [-0.2, -0.15) is 0 Å². The van der Waals surface area contributed by atoms with Crippen molar-refractivity contribution >= 4 is 21.6 Å². The Morgan fingerprint density at radius 2 is 1.96 bits per heavy atom. The maximum atomic E-state index is 12.2. The Balaban J connectivity index is 1.84. The molecule has 1 saturated heterocycles. The van der Waals surface area contributed by atoms with E-state index in [0.717, 1.165) is 5.69 Å². The summed E-state index contributed by atoms with van der Waals surface area (Å²) in [7, 11) is 0.660. The first kappa shape index (κ1) is 17.6. The Morgan fingerprint density at radius 1 is 1.30 bits per heavy atom. The van der Waals surface area contributed by atoms with E-state index in [1.165, 1.54) is 4.90 Å². The highest BCUT2D eigenvalue weighted by molar-refractivity contribution is 7.91. The molecule has 0 saturated carbocycles. The van der Waals surface area contributed by atoms with Crippen LogP contribution in [0.2, 0.25) is 0 Å². The smallest absolute Gasteiger partial charge is 0.317 e. The average Bonchev–Trinajstić information content (AvgIpc) is 2.91. The Morgan fingerprint density at radius 3 is 2.52 bits per heavy atom. The lowest BCUT2D eigenvalue weighted by atomic mass is 10.2. The van der Waals surface area contributed by atoms with Crippen molar-refractivity contribution < 1.29 is 13.2 Å². The first-order chi connectivity index (χ1) is 10.8. The molecule has 7 heteroatoms. The Labute approximate surface area is 138 Å². The van der Waals surface area contributed by atoms with Gasteiger partial charge in [0, 0.05) is 38.4 Å². The number of likely N-dealkylation sites (N-methyl/N-ethyl adjacent to an activating group) is 1. The molecule has 2 rings (SSSR count). The van der Waals surface area contributed by atoms with Gasteiger partial charge < -0.3 is 15.1 Å². The van der Waals surface area contributed by atoms with Gasteiger partial charge in [-0.05, 0) is 25.5 Å². The fourth-order valence-electron chi connectivity index (χ4n) is 2.66. The van der Waals surface area contributed by atoms with E-state index >= 15 is 0 Å². The third-order valence-electron chi connectivity index (χ3n) is 4.45. The molecule has 2 atom stereocenters. The molecule has 0 aromatic heterocycles. The Kier molecular flexibility index (Phi) is 5.51.